The van der Waals surface area contributed by atoms with Gasteiger partial charge in [-0.25, -0.2) is 9.18 Å². The third-order valence-electron chi connectivity index (χ3n) is 2.76. The number of anilines is 1. The van der Waals surface area contributed by atoms with Crippen LogP contribution in [0.1, 0.15) is 12.0 Å². The molecule has 0 radical (unpaired) electrons. The van der Waals surface area contributed by atoms with Crippen molar-refractivity contribution >= 4 is 23.6 Å². The van der Waals surface area contributed by atoms with Gasteiger partial charge in [-0.2, -0.15) is 0 Å². The van der Waals surface area contributed by atoms with Gasteiger partial charge >= 0.3 is 5.97 Å². The van der Waals surface area contributed by atoms with Crippen LogP contribution in [0.2, 0.25) is 0 Å². The second-order valence-corrected chi connectivity index (χ2v) is 4.22. The van der Waals surface area contributed by atoms with Gasteiger partial charge in [-0.3, -0.25) is 4.79 Å². The molecule has 0 unspecified atom stereocenters. The number of rotatable bonds is 6. The van der Waals surface area contributed by atoms with Crippen LogP contribution >= 0.6 is 0 Å². The maximum absolute atomic E-state index is 13.2. The Balaban J connectivity index is 2.92. The van der Waals surface area contributed by atoms with Crippen LogP contribution in [0, 0.1) is 5.82 Å². The van der Waals surface area contributed by atoms with E-state index in [1.807, 2.05) is 0 Å². The number of carboxylic acid groups (broad SMARTS) is 1. The predicted molar refractivity (Wildman–Crippen MR) is 75.0 cm³/mol. The first kappa shape index (κ1) is 15.7. The predicted octanol–water partition coefficient (Wildman–Crippen LogP) is 1.50. The van der Waals surface area contributed by atoms with Crippen molar-refractivity contribution < 1.29 is 19.1 Å². The number of hydrogen-bond donors (Lipinski definition) is 2. The van der Waals surface area contributed by atoms with E-state index in [1.54, 1.807) is 25.1 Å². The van der Waals surface area contributed by atoms with Gasteiger partial charge in [0.1, 0.15) is 5.82 Å². The van der Waals surface area contributed by atoms with Gasteiger partial charge in [-0.1, -0.05) is 0 Å². The lowest BCUT2D eigenvalue weighted by atomic mass is 10.1. The van der Waals surface area contributed by atoms with Crippen molar-refractivity contribution in [3.05, 3.63) is 35.7 Å². The molecule has 1 aromatic rings. The average molecular weight is 280 g/mol. The molecule has 0 aromatic heterocycles. The standard InChI is InChI=1S/C14H17FN2O3/c1-16-13(18)7-8-17(2)12-5-4-11(15)9-10(12)3-6-14(19)20/h3-6,9H,7-8H2,1-2H3,(H,16,18)(H,19,20)/b6-3+. The van der Waals surface area contributed by atoms with Gasteiger partial charge in [0.2, 0.25) is 5.91 Å². The van der Waals surface area contributed by atoms with Crippen LogP contribution in [0.4, 0.5) is 10.1 Å². The van der Waals surface area contributed by atoms with E-state index in [1.165, 1.54) is 18.2 Å². The summed E-state index contributed by atoms with van der Waals surface area (Å²) in [6.07, 6.45) is 2.58. The van der Waals surface area contributed by atoms with E-state index in [9.17, 15) is 14.0 Å². The van der Waals surface area contributed by atoms with Gasteiger partial charge in [0.15, 0.2) is 0 Å². The molecule has 6 heteroatoms. The molecule has 0 atom stereocenters. The zero-order valence-corrected chi connectivity index (χ0v) is 11.4. The summed E-state index contributed by atoms with van der Waals surface area (Å²) < 4.78 is 13.2. The minimum Gasteiger partial charge on any atom is -0.478 e. The molecule has 0 bridgehead atoms. The molecule has 0 fully saturated rings. The number of aliphatic carboxylic acids is 1. The number of benzene rings is 1. The smallest absolute Gasteiger partial charge is 0.328 e. The van der Waals surface area contributed by atoms with Gasteiger partial charge in [0.05, 0.1) is 0 Å². The van der Waals surface area contributed by atoms with E-state index < -0.39 is 11.8 Å². The molecule has 0 spiro atoms. The molecule has 5 nitrogen and oxygen atoms in total. The number of nitrogens with zero attached hydrogens (tertiary/aromatic N) is 1. The quantitative estimate of drug-likeness (QED) is 0.775. The van der Waals surface area contributed by atoms with Crippen molar-refractivity contribution in [1.82, 2.24) is 5.32 Å². The van der Waals surface area contributed by atoms with E-state index in [2.05, 4.69) is 5.32 Å². The Hall–Kier alpha value is -2.37. The van der Waals surface area contributed by atoms with Crippen LogP contribution in [0.3, 0.4) is 0 Å². The highest BCUT2D eigenvalue weighted by Gasteiger charge is 2.09. The number of nitrogens with one attached hydrogen (secondary N) is 1. The average Bonchev–Trinajstić information content (AvgIpc) is 2.42. The van der Waals surface area contributed by atoms with E-state index in [0.717, 1.165) is 6.08 Å². The number of hydrogen-bond acceptors (Lipinski definition) is 3. The summed E-state index contributed by atoms with van der Waals surface area (Å²) in [5.74, 6) is -1.65. The van der Waals surface area contributed by atoms with Gasteiger partial charge in [0, 0.05) is 44.4 Å². The van der Waals surface area contributed by atoms with Crippen LogP contribution in [0.5, 0.6) is 0 Å². The first-order valence-electron chi connectivity index (χ1n) is 6.06. The largest absolute Gasteiger partial charge is 0.478 e. The molecule has 0 saturated carbocycles. The zero-order chi connectivity index (χ0) is 15.1. The summed E-state index contributed by atoms with van der Waals surface area (Å²) in [6, 6.07) is 4.11. The lowest BCUT2D eigenvalue weighted by molar-refractivity contribution is -0.131. The number of carbonyl (C=O) groups is 2. The van der Waals surface area contributed by atoms with E-state index in [4.69, 9.17) is 5.11 Å². The minimum atomic E-state index is -1.10. The number of carbonyl (C=O) groups excluding carboxylic acids is 1. The summed E-state index contributed by atoms with van der Waals surface area (Å²) in [4.78, 5) is 23.5. The molecule has 108 valence electrons. The summed E-state index contributed by atoms with van der Waals surface area (Å²) in [7, 11) is 3.32. The fourth-order valence-corrected chi connectivity index (χ4v) is 1.68. The summed E-state index contributed by atoms with van der Waals surface area (Å²) in [5.41, 5.74) is 1.11. The fraction of sp³-hybridized carbons (Fsp3) is 0.286. The molecular formula is C14H17FN2O3. The molecule has 2 N–H and O–H groups in total. The maximum atomic E-state index is 13.2. The Morgan fingerprint density at radius 3 is 2.75 bits per heavy atom. The topological polar surface area (TPSA) is 69.6 Å². The molecule has 0 heterocycles. The van der Waals surface area contributed by atoms with Gasteiger partial charge in [-0.05, 0) is 24.3 Å². The Kier molecular flexibility index (Phi) is 5.71. The normalized spacial score (nSPS) is 10.6. The Bertz CT molecular complexity index is 529. The van der Waals surface area contributed by atoms with Crippen LogP contribution in [-0.4, -0.2) is 37.6 Å². The van der Waals surface area contributed by atoms with Crippen molar-refractivity contribution in [3.63, 3.8) is 0 Å². The summed E-state index contributed by atoms with van der Waals surface area (Å²) in [6.45, 7) is 0.444. The lowest BCUT2D eigenvalue weighted by Crippen LogP contribution is -2.26. The van der Waals surface area contributed by atoms with Gasteiger partial charge < -0.3 is 15.3 Å². The molecule has 0 aliphatic rings. The van der Waals surface area contributed by atoms with Crippen molar-refractivity contribution in [2.24, 2.45) is 0 Å². The molecular weight excluding hydrogens is 263 g/mol. The number of carboxylic acids is 1. The highest BCUT2D eigenvalue weighted by molar-refractivity contribution is 5.87. The van der Waals surface area contributed by atoms with Crippen molar-refractivity contribution in [1.29, 1.82) is 0 Å². The number of amides is 1. The SMILES string of the molecule is CNC(=O)CCN(C)c1ccc(F)cc1/C=C/C(=O)O. The zero-order valence-electron chi connectivity index (χ0n) is 11.4. The van der Waals surface area contributed by atoms with Crippen molar-refractivity contribution in [2.45, 2.75) is 6.42 Å². The first-order chi connectivity index (χ1) is 9.43. The highest BCUT2D eigenvalue weighted by Crippen LogP contribution is 2.22. The van der Waals surface area contributed by atoms with E-state index in [0.29, 0.717) is 24.2 Å². The third kappa shape index (κ3) is 4.72. The second-order valence-electron chi connectivity index (χ2n) is 4.22. The van der Waals surface area contributed by atoms with Crippen molar-refractivity contribution in [2.75, 3.05) is 25.5 Å². The molecule has 20 heavy (non-hydrogen) atoms. The van der Waals surface area contributed by atoms with E-state index in [-0.39, 0.29) is 5.91 Å². The summed E-state index contributed by atoms with van der Waals surface area (Å²) >= 11 is 0. The molecule has 0 saturated heterocycles. The molecule has 1 aromatic carbocycles. The second kappa shape index (κ2) is 7.28. The number of halogens is 1. The monoisotopic (exact) mass is 280 g/mol. The lowest BCUT2D eigenvalue weighted by Gasteiger charge is -2.21. The molecule has 1 amide bonds. The van der Waals surface area contributed by atoms with Crippen LogP contribution in [0.25, 0.3) is 6.08 Å². The Labute approximate surface area is 116 Å². The Morgan fingerprint density at radius 1 is 1.45 bits per heavy atom. The van der Waals surface area contributed by atoms with Crippen LogP contribution < -0.4 is 10.2 Å². The van der Waals surface area contributed by atoms with E-state index >= 15 is 0 Å². The first-order valence-corrected chi connectivity index (χ1v) is 6.06. The fourth-order valence-electron chi connectivity index (χ4n) is 1.68. The minimum absolute atomic E-state index is 0.0958. The molecule has 0 aliphatic heterocycles. The van der Waals surface area contributed by atoms with Gasteiger partial charge in [0.25, 0.3) is 0 Å². The highest BCUT2D eigenvalue weighted by atomic mass is 19.1. The maximum Gasteiger partial charge on any atom is 0.328 e. The van der Waals surface area contributed by atoms with Crippen molar-refractivity contribution in [3.8, 4) is 0 Å². The van der Waals surface area contributed by atoms with Crippen LogP contribution in [0.15, 0.2) is 24.3 Å². The van der Waals surface area contributed by atoms with Crippen LogP contribution in [-0.2, 0) is 9.59 Å². The summed E-state index contributed by atoms with van der Waals surface area (Å²) in [5, 5.41) is 11.2. The Morgan fingerprint density at radius 2 is 2.15 bits per heavy atom. The molecule has 1 rings (SSSR count). The van der Waals surface area contributed by atoms with Gasteiger partial charge in [-0.15, -0.1) is 0 Å². The third-order valence-corrected chi connectivity index (χ3v) is 2.76. The molecule has 0 aliphatic carbocycles.